The molecule has 1 heterocycles. The SMILES string of the molecule is CSCC[C@H](NC(=O)c1ccc(N(C(=O)O)C2(C(=O)OC(C)(C)C)CCCCN2C(=O)OC(C)(C)C)cc1-c1ccccc1)C(=O)O.O.[Li+].[OH-]. The summed E-state index contributed by atoms with van der Waals surface area (Å²) in [5.41, 5.74) is -3.20. The molecular formula is C34H48LiN3O11S. The molecule has 1 aliphatic rings. The second-order valence-corrected chi connectivity index (χ2v) is 14.3. The Morgan fingerprint density at radius 1 is 0.960 bits per heavy atom. The van der Waals surface area contributed by atoms with E-state index in [0.29, 0.717) is 29.7 Å². The smallest absolute Gasteiger partial charge is 0.870 e. The van der Waals surface area contributed by atoms with Crippen LogP contribution in [0.15, 0.2) is 48.5 Å². The molecule has 0 bridgehead atoms. The van der Waals surface area contributed by atoms with Gasteiger partial charge in [-0.1, -0.05) is 30.3 Å². The fourth-order valence-corrected chi connectivity index (χ4v) is 5.83. The third kappa shape index (κ3) is 11.4. The van der Waals surface area contributed by atoms with Gasteiger partial charge in [0.15, 0.2) is 0 Å². The number of carboxylic acid groups (broad SMARTS) is 2. The van der Waals surface area contributed by atoms with Gasteiger partial charge in [-0.3, -0.25) is 9.69 Å². The summed E-state index contributed by atoms with van der Waals surface area (Å²) in [7, 11) is 0. The van der Waals surface area contributed by atoms with Crippen LogP contribution < -0.4 is 29.1 Å². The number of carboxylic acids is 1. The molecule has 0 radical (unpaired) electrons. The maximum atomic E-state index is 14.2. The zero-order chi connectivity index (χ0) is 35.2. The number of carbonyl (C=O) groups excluding carboxylic acids is 3. The van der Waals surface area contributed by atoms with E-state index in [-0.39, 0.29) is 60.5 Å². The van der Waals surface area contributed by atoms with Gasteiger partial charge in [0.2, 0.25) is 5.66 Å². The first kappa shape index (κ1) is 46.3. The predicted molar refractivity (Wildman–Crippen MR) is 185 cm³/mol. The summed E-state index contributed by atoms with van der Waals surface area (Å²) in [4.78, 5) is 68.7. The second kappa shape index (κ2) is 19.0. The van der Waals surface area contributed by atoms with Gasteiger partial charge in [0, 0.05) is 18.5 Å². The maximum absolute atomic E-state index is 14.2. The number of nitrogens with one attached hydrogen (secondary N) is 1. The van der Waals surface area contributed by atoms with Crippen molar-refractivity contribution >= 4 is 47.5 Å². The molecule has 14 nitrogen and oxygen atoms in total. The van der Waals surface area contributed by atoms with Crippen LogP contribution in [-0.4, -0.2) is 97.6 Å². The molecule has 50 heavy (non-hydrogen) atoms. The molecule has 0 aliphatic carbocycles. The number of piperidine rings is 1. The Bertz CT molecular complexity index is 1480. The van der Waals surface area contributed by atoms with Crippen LogP contribution in [0, 0.1) is 0 Å². The molecule has 2 aromatic carbocycles. The molecule has 2 atom stereocenters. The number of carbonyl (C=O) groups is 5. The van der Waals surface area contributed by atoms with Gasteiger partial charge in [-0.15, -0.1) is 0 Å². The average Bonchev–Trinajstić information content (AvgIpc) is 2.97. The Morgan fingerprint density at radius 2 is 1.56 bits per heavy atom. The largest absolute Gasteiger partial charge is 1.00 e. The molecule has 272 valence electrons. The number of hydrogen-bond donors (Lipinski definition) is 3. The number of benzene rings is 2. The number of aliphatic carboxylic acids is 1. The molecule has 3 amide bonds. The number of nitrogens with zero attached hydrogens (tertiary/aromatic N) is 2. The predicted octanol–water partition coefficient (Wildman–Crippen LogP) is 2.24. The van der Waals surface area contributed by atoms with Crippen molar-refractivity contribution in [2.75, 3.05) is 23.5 Å². The average molecular weight is 714 g/mol. The summed E-state index contributed by atoms with van der Waals surface area (Å²) in [6.45, 7) is 9.98. The van der Waals surface area contributed by atoms with Crippen molar-refractivity contribution in [2.45, 2.75) is 90.1 Å². The molecule has 3 rings (SSSR count). The number of hydrogen-bond acceptors (Lipinski definition) is 9. The Hall–Kier alpha value is -3.74. The molecule has 0 spiro atoms. The quantitative estimate of drug-likeness (QED) is 0.239. The van der Waals surface area contributed by atoms with Crippen LogP contribution in [0.3, 0.4) is 0 Å². The third-order valence-electron chi connectivity index (χ3n) is 7.31. The molecule has 1 unspecified atom stereocenters. The van der Waals surface area contributed by atoms with E-state index in [0.717, 1.165) is 9.80 Å². The minimum Gasteiger partial charge on any atom is -0.870 e. The third-order valence-corrected chi connectivity index (χ3v) is 7.95. The van der Waals surface area contributed by atoms with Crippen molar-refractivity contribution in [1.82, 2.24) is 10.2 Å². The molecule has 1 aliphatic heterocycles. The zero-order valence-electron chi connectivity index (χ0n) is 29.9. The minimum absolute atomic E-state index is 0. The topological polar surface area (TPSA) is 224 Å². The van der Waals surface area contributed by atoms with Gasteiger partial charge in [0.1, 0.15) is 17.2 Å². The first-order chi connectivity index (χ1) is 21.9. The van der Waals surface area contributed by atoms with Crippen molar-refractivity contribution in [3.8, 4) is 11.1 Å². The van der Waals surface area contributed by atoms with Crippen LogP contribution in [0.1, 0.15) is 77.6 Å². The standard InChI is InChI=1S/C34H45N3O9S.Li.2H2O/c1-32(2,3)45-29(41)34(18-11-12-19-36(34)31(44)46-33(4,5)6)37(30(42)43)23-15-16-24(25(21-23)22-13-9-8-10-14-22)27(38)35-26(28(39)40)17-20-47-7;;;/h8-10,13-16,21,26H,11-12,17-20H2,1-7H3,(H,35,38)(H,39,40)(H,42,43);;2*1H2/q;+1;;/p-1/t26-,34?;;;/m0.../s1. The molecule has 1 saturated heterocycles. The van der Waals surface area contributed by atoms with E-state index in [2.05, 4.69) is 5.32 Å². The summed E-state index contributed by atoms with van der Waals surface area (Å²) < 4.78 is 11.5. The van der Waals surface area contributed by atoms with Crippen LogP contribution in [0.2, 0.25) is 0 Å². The Balaban J connectivity index is 0.00000800. The van der Waals surface area contributed by atoms with Gasteiger partial charge in [0.25, 0.3) is 5.91 Å². The van der Waals surface area contributed by atoms with Crippen LogP contribution >= 0.6 is 11.8 Å². The normalized spacial score (nSPS) is 16.3. The number of rotatable bonds is 10. The molecule has 6 N–H and O–H groups in total. The molecular weight excluding hydrogens is 665 g/mol. The molecule has 0 aromatic heterocycles. The van der Waals surface area contributed by atoms with Crippen molar-refractivity contribution < 1.29 is 73.5 Å². The summed E-state index contributed by atoms with van der Waals surface area (Å²) in [6.07, 6.45) is 0.442. The molecule has 16 heteroatoms. The van der Waals surface area contributed by atoms with E-state index in [9.17, 15) is 34.2 Å². The van der Waals surface area contributed by atoms with E-state index in [1.54, 1.807) is 71.9 Å². The van der Waals surface area contributed by atoms with Crippen LogP contribution in [0.25, 0.3) is 11.1 Å². The fraction of sp³-hybridized carbons (Fsp3) is 0.500. The van der Waals surface area contributed by atoms with Crippen molar-refractivity contribution in [1.29, 1.82) is 0 Å². The summed E-state index contributed by atoms with van der Waals surface area (Å²) in [6, 6.07) is 11.8. The first-order valence-corrected chi connectivity index (χ1v) is 16.8. The van der Waals surface area contributed by atoms with E-state index in [4.69, 9.17) is 9.47 Å². The van der Waals surface area contributed by atoms with Crippen LogP contribution in [-0.2, 0) is 19.1 Å². The second-order valence-electron chi connectivity index (χ2n) is 13.3. The van der Waals surface area contributed by atoms with E-state index >= 15 is 0 Å². The van der Waals surface area contributed by atoms with E-state index in [1.807, 2.05) is 6.26 Å². The summed E-state index contributed by atoms with van der Waals surface area (Å²) >= 11 is 1.45. The van der Waals surface area contributed by atoms with Gasteiger partial charge in [-0.2, -0.15) is 11.8 Å². The number of esters is 1. The van der Waals surface area contributed by atoms with Gasteiger partial charge in [-0.05, 0) is 102 Å². The minimum atomic E-state index is -2.15. The molecule has 2 aromatic rings. The molecule has 0 saturated carbocycles. The fourth-order valence-electron chi connectivity index (χ4n) is 5.35. The number of amides is 3. The van der Waals surface area contributed by atoms with Crippen molar-refractivity contribution in [3.05, 3.63) is 54.1 Å². The maximum Gasteiger partial charge on any atom is 1.00 e. The number of anilines is 1. The summed E-state index contributed by atoms with van der Waals surface area (Å²) in [5, 5.41) is 23.1. The van der Waals surface area contributed by atoms with Crippen molar-refractivity contribution in [3.63, 3.8) is 0 Å². The van der Waals surface area contributed by atoms with Crippen LogP contribution in [0.4, 0.5) is 15.3 Å². The first-order valence-electron chi connectivity index (χ1n) is 15.4. The van der Waals surface area contributed by atoms with Gasteiger partial charge >= 0.3 is 43.0 Å². The Kier molecular flexibility index (Phi) is 17.6. The monoisotopic (exact) mass is 713 g/mol. The van der Waals surface area contributed by atoms with E-state index < -0.39 is 52.9 Å². The molecule has 1 fully saturated rings. The van der Waals surface area contributed by atoms with Gasteiger partial charge in [-0.25, -0.2) is 24.1 Å². The van der Waals surface area contributed by atoms with Gasteiger partial charge in [0.05, 0.1) is 5.69 Å². The Morgan fingerprint density at radius 3 is 2.08 bits per heavy atom. The van der Waals surface area contributed by atoms with Gasteiger partial charge < -0.3 is 36.0 Å². The van der Waals surface area contributed by atoms with Crippen LogP contribution in [0.5, 0.6) is 0 Å². The number of ether oxygens (including phenoxy) is 2. The number of thioether (sulfide) groups is 1. The number of likely N-dealkylation sites (tertiary alicyclic amines) is 1. The Labute approximate surface area is 309 Å². The summed E-state index contributed by atoms with van der Waals surface area (Å²) in [5.74, 6) is -2.28. The zero-order valence-corrected chi connectivity index (χ0v) is 30.8. The van der Waals surface area contributed by atoms with Crippen molar-refractivity contribution in [2.24, 2.45) is 0 Å². The van der Waals surface area contributed by atoms with E-state index in [1.165, 1.54) is 30.0 Å².